The van der Waals surface area contributed by atoms with Gasteiger partial charge in [-0.3, -0.25) is 9.63 Å². The van der Waals surface area contributed by atoms with E-state index in [4.69, 9.17) is 4.84 Å². The highest BCUT2D eigenvalue weighted by Crippen LogP contribution is 2.65. The molecule has 102 valence electrons. The number of alkyl halides is 1. The highest BCUT2D eigenvalue weighted by molar-refractivity contribution is 9.10. The summed E-state index contributed by atoms with van der Waals surface area (Å²) in [5, 5.41) is 1.39. The molecule has 0 N–H and O–H groups in total. The fourth-order valence-corrected chi connectivity index (χ4v) is 6.59. The predicted molar refractivity (Wildman–Crippen MR) is 73.2 cm³/mol. The second kappa shape index (κ2) is 4.20. The highest BCUT2D eigenvalue weighted by Gasteiger charge is 2.57. The molecule has 4 bridgehead atoms. The molecule has 1 amide bonds. The van der Waals surface area contributed by atoms with Crippen LogP contribution in [0.3, 0.4) is 0 Å². The zero-order valence-corrected chi connectivity index (χ0v) is 12.8. The molecule has 0 aromatic rings. The predicted octanol–water partition coefficient (Wildman–Crippen LogP) is 3.13. The van der Waals surface area contributed by atoms with Crippen LogP contribution in [-0.4, -0.2) is 29.5 Å². The van der Waals surface area contributed by atoms with Gasteiger partial charge in [0.25, 0.3) is 0 Å². The molecule has 0 heterocycles. The Balaban J connectivity index is 1.77. The average Bonchev–Trinajstić information content (AvgIpc) is 2.23. The summed E-state index contributed by atoms with van der Waals surface area (Å²) < 4.78 is 0.336. The molecule has 0 aromatic heterocycles. The Morgan fingerprint density at radius 1 is 1.33 bits per heavy atom. The SMILES string of the molecule is CON(C)C(=O)CC12CC3CC(CC(Br)(C3)C1)C2. The van der Waals surface area contributed by atoms with Gasteiger partial charge in [0, 0.05) is 17.8 Å². The maximum Gasteiger partial charge on any atom is 0.246 e. The summed E-state index contributed by atoms with van der Waals surface area (Å²) in [6.45, 7) is 0. The van der Waals surface area contributed by atoms with Gasteiger partial charge in [-0.05, 0) is 55.8 Å². The molecule has 0 saturated heterocycles. The van der Waals surface area contributed by atoms with Crippen LogP contribution < -0.4 is 0 Å². The van der Waals surface area contributed by atoms with E-state index in [9.17, 15) is 4.79 Å². The average molecular weight is 316 g/mol. The summed E-state index contributed by atoms with van der Waals surface area (Å²) in [4.78, 5) is 17.2. The highest BCUT2D eigenvalue weighted by atomic mass is 79.9. The van der Waals surface area contributed by atoms with Crippen LogP contribution in [0.15, 0.2) is 0 Å². The van der Waals surface area contributed by atoms with Gasteiger partial charge in [0.05, 0.1) is 7.11 Å². The number of carbonyl (C=O) groups is 1. The van der Waals surface area contributed by atoms with Crippen LogP contribution in [0, 0.1) is 17.3 Å². The smallest absolute Gasteiger partial charge is 0.246 e. The first kappa shape index (κ1) is 12.9. The summed E-state index contributed by atoms with van der Waals surface area (Å²) in [6, 6.07) is 0. The van der Waals surface area contributed by atoms with E-state index in [2.05, 4.69) is 15.9 Å². The molecule has 0 radical (unpaired) electrons. The lowest BCUT2D eigenvalue weighted by molar-refractivity contribution is -0.174. The number of hydrogen-bond acceptors (Lipinski definition) is 2. The summed E-state index contributed by atoms with van der Waals surface area (Å²) in [7, 11) is 3.27. The number of carbonyl (C=O) groups excluding carboxylic acids is 1. The standard InChI is InChI=1S/C14H22BrNO2/c1-16(18-2)12(17)8-13-4-10-3-11(5-13)7-14(15,6-10)9-13/h10-11H,3-9H2,1-2H3. The Morgan fingerprint density at radius 3 is 2.44 bits per heavy atom. The molecule has 4 rings (SSSR count). The van der Waals surface area contributed by atoms with E-state index in [-0.39, 0.29) is 11.3 Å². The lowest BCUT2D eigenvalue weighted by Gasteiger charge is -2.60. The molecule has 4 aliphatic carbocycles. The number of halogens is 1. The summed E-state index contributed by atoms with van der Waals surface area (Å²) in [5.41, 5.74) is 0.247. The molecular formula is C14H22BrNO2. The summed E-state index contributed by atoms with van der Waals surface area (Å²) >= 11 is 3.98. The third-order valence-electron chi connectivity index (χ3n) is 5.26. The van der Waals surface area contributed by atoms with Crippen molar-refractivity contribution in [2.24, 2.45) is 17.3 Å². The number of hydroxylamine groups is 2. The van der Waals surface area contributed by atoms with Crippen molar-refractivity contribution in [3.8, 4) is 0 Å². The van der Waals surface area contributed by atoms with Gasteiger partial charge in [0.15, 0.2) is 0 Å². The molecule has 0 aromatic carbocycles. The van der Waals surface area contributed by atoms with Gasteiger partial charge >= 0.3 is 0 Å². The van der Waals surface area contributed by atoms with Gasteiger partial charge in [-0.2, -0.15) is 0 Å². The van der Waals surface area contributed by atoms with Gasteiger partial charge in [0.1, 0.15) is 0 Å². The first-order chi connectivity index (χ1) is 8.44. The molecule has 4 saturated carbocycles. The van der Waals surface area contributed by atoms with Crippen LogP contribution in [0.25, 0.3) is 0 Å². The monoisotopic (exact) mass is 315 g/mol. The van der Waals surface area contributed by atoms with Crippen molar-refractivity contribution in [2.75, 3.05) is 14.2 Å². The number of amides is 1. The van der Waals surface area contributed by atoms with Crippen LogP contribution in [0.2, 0.25) is 0 Å². The number of nitrogens with zero attached hydrogens (tertiary/aromatic N) is 1. The fourth-order valence-electron chi connectivity index (χ4n) is 5.08. The molecule has 4 fully saturated rings. The zero-order chi connectivity index (χ0) is 13.0. The van der Waals surface area contributed by atoms with Crippen molar-refractivity contribution in [1.82, 2.24) is 5.06 Å². The third-order valence-corrected chi connectivity index (χ3v) is 6.19. The molecule has 0 aliphatic heterocycles. The maximum absolute atomic E-state index is 12.1. The molecule has 18 heavy (non-hydrogen) atoms. The van der Waals surface area contributed by atoms with Crippen LogP contribution in [0.5, 0.6) is 0 Å². The van der Waals surface area contributed by atoms with Gasteiger partial charge < -0.3 is 0 Å². The van der Waals surface area contributed by atoms with Crippen molar-refractivity contribution in [2.45, 2.75) is 49.3 Å². The Bertz CT molecular complexity index is 357. The zero-order valence-electron chi connectivity index (χ0n) is 11.2. The topological polar surface area (TPSA) is 29.5 Å². The Labute approximate surface area is 117 Å². The molecular weight excluding hydrogens is 294 g/mol. The van der Waals surface area contributed by atoms with E-state index in [1.807, 2.05) is 0 Å². The second-order valence-electron chi connectivity index (χ2n) is 6.86. The Kier molecular flexibility index (Phi) is 3.02. The molecule has 2 atom stereocenters. The lowest BCUT2D eigenvalue weighted by atomic mass is 9.48. The minimum atomic E-state index is 0.135. The maximum atomic E-state index is 12.1. The Hall–Kier alpha value is -0.0900. The van der Waals surface area contributed by atoms with Crippen molar-refractivity contribution in [1.29, 1.82) is 0 Å². The second-order valence-corrected chi connectivity index (χ2v) is 8.54. The van der Waals surface area contributed by atoms with Crippen molar-refractivity contribution in [3.63, 3.8) is 0 Å². The van der Waals surface area contributed by atoms with Crippen molar-refractivity contribution < 1.29 is 9.63 Å². The minimum Gasteiger partial charge on any atom is -0.275 e. The van der Waals surface area contributed by atoms with Gasteiger partial charge in [-0.15, -0.1) is 0 Å². The van der Waals surface area contributed by atoms with Crippen LogP contribution >= 0.6 is 15.9 Å². The Morgan fingerprint density at radius 2 is 1.94 bits per heavy atom. The van der Waals surface area contributed by atoms with E-state index in [1.165, 1.54) is 43.6 Å². The third kappa shape index (κ3) is 2.11. The molecule has 3 nitrogen and oxygen atoms in total. The first-order valence-electron chi connectivity index (χ1n) is 6.93. The molecule has 0 spiro atoms. The van der Waals surface area contributed by atoms with E-state index >= 15 is 0 Å². The van der Waals surface area contributed by atoms with Gasteiger partial charge in [-0.25, -0.2) is 5.06 Å². The summed E-state index contributed by atoms with van der Waals surface area (Å²) in [5.74, 6) is 1.81. The molecule has 4 heteroatoms. The van der Waals surface area contributed by atoms with Gasteiger partial charge in [0.2, 0.25) is 5.91 Å². The largest absolute Gasteiger partial charge is 0.275 e. The normalized spacial score (nSPS) is 45.3. The minimum absolute atomic E-state index is 0.135. The van der Waals surface area contributed by atoms with Crippen LogP contribution in [-0.2, 0) is 9.63 Å². The number of rotatable bonds is 3. The van der Waals surface area contributed by atoms with Crippen LogP contribution in [0.1, 0.15) is 44.9 Å². The van der Waals surface area contributed by atoms with Crippen molar-refractivity contribution in [3.05, 3.63) is 0 Å². The first-order valence-corrected chi connectivity index (χ1v) is 7.73. The molecule has 4 aliphatic rings. The van der Waals surface area contributed by atoms with Crippen LogP contribution in [0.4, 0.5) is 0 Å². The van der Waals surface area contributed by atoms with Crippen molar-refractivity contribution >= 4 is 21.8 Å². The van der Waals surface area contributed by atoms with E-state index in [1.54, 1.807) is 14.2 Å². The van der Waals surface area contributed by atoms with E-state index in [0.29, 0.717) is 10.7 Å². The quantitative estimate of drug-likeness (QED) is 0.591. The van der Waals surface area contributed by atoms with Gasteiger partial charge in [-0.1, -0.05) is 15.9 Å². The summed E-state index contributed by atoms with van der Waals surface area (Å²) in [6.07, 6.45) is 8.37. The number of hydrogen-bond donors (Lipinski definition) is 0. The fraction of sp³-hybridized carbons (Fsp3) is 0.929. The molecule has 2 unspecified atom stereocenters. The van der Waals surface area contributed by atoms with E-state index in [0.717, 1.165) is 11.8 Å². The van der Waals surface area contributed by atoms with E-state index < -0.39 is 0 Å². The lowest BCUT2D eigenvalue weighted by Crippen LogP contribution is -2.54.